The number of ether oxygens (including phenoxy) is 1. The van der Waals surface area contributed by atoms with Gasteiger partial charge in [-0.1, -0.05) is 109 Å². The molecule has 1 heterocycles. The van der Waals surface area contributed by atoms with E-state index in [9.17, 15) is 38.4 Å². The Kier molecular flexibility index (Phi) is 32.6. The van der Waals surface area contributed by atoms with Crippen LogP contribution in [0.15, 0.2) is 12.2 Å². The highest BCUT2D eigenvalue weighted by Gasteiger charge is 2.47. The largest absolute Gasteiger partial charge is 0.459 e. The van der Waals surface area contributed by atoms with E-state index in [0.717, 1.165) is 9.80 Å². The van der Waals surface area contributed by atoms with E-state index in [0.29, 0.717) is 6.42 Å². The third-order valence-electron chi connectivity index (χ3n) is 16.3. The zero-order chi connectivity index (χ0) is 68.3. The van der Waals surface area contributed by atoms with Crippen molar-refractivity contribution in [2.24, 2.45) is 41.4 Å². The topological polar surface area (TPSA) is 285 Å². The van der Waals surface area contributed by atoms with Gasteiger partial charge in [-0.05, 0) is 101 Å². The number of nitrogens with one attached hydrogen (secondary N) is 4. The predicted molar refractivity (Wildman–Crippen MR) is 338 cm³/mol. The van der Waals surface area contributed by atoms with Crippen LogP contribution in [-0.2, 0) is 62.3 Å². The minimum Gasteiger partial charge on any atom is -0.459 e. The van der Waals surface area contributed by atoms with Crippen molar-refractivity contribution in [1.29, 1.82) is 0 Å². The molecule has 1 aliphatic heterocycles. The molecule has 0 aliphatic carbocycles. The van der Waals surface area contributed by atoms with Crippen molar-refractivity contribution >= 4 is 70.9 Å². The Balaban J connectivity index is 4.43. The van der Waals surface area contributed by atoms with Crippen LogP contribution in [0.2, 0.25) is 0 Å². The Morgan fingerprint density at radius 2 is 0.909 bits per heavy atom. The molecule has 0 saturated carbocycles. The molecular formula is C64H113N11O13. The minimum absolute atomic E-state index is 0.00279. The van der Waals surface area contributed by atoms with Crippen molar-refractivity contribution < 1.29 is 62.3 Å². The molecule has 11 amide bonds. The van der Waals surface area contributed by atoms with Crippen LogP contribution in [0.5, 0.6) is 0 Å². The maximum atomic E-state index is 15.4. The molecule has 88 heavy (non-hydrogen) atoms. The second-order valence-electron chi connectivity index (χ2n) is 26.7. The van der Waals surface area contributed by atoms with Crippen LogP contribution < -0.4 is 21.3 Å². The summed E-state index contributed by atoms with van der Waals surface area (Å²) >= 11 is 0. The summed E-state index contributed by atoms with van der Waals surface area (Å²) in [6.45, 7) is 30.4. The first-order chi connectivity index (χ1) is 40.6. The summed E-state index contributed by atoms with van der Waals surface area (Å²) in [6.07, 6.45) is 3.15. The van der Waals surface area contributed by atoms with Crippen LogP contribution >= 0.6 is 0 Å². The molecule has 0 radical (unpaired) electrons. The quantitative estimate of drug-likeness (QED) is 0.126. The lowest BCUT2D eigenvalue weighted by atomic mass is 9.91. The van der Waals surface area contributed by atoms with Gasteiger partial charge < -0.3 is 60.3 Å². The van der Waals surface area contributed by atoms with Crippen LogP contribution in [-0.4, -0.2) is 228 Å². The van der Waals surface area contributed by atoms with Crippen molar-refractivity contribution in [3.63, 3.8) is 0 Å². The molecule has 1 rings (SSSR count). The lowest BCUT2D eigenvalue weighted by molar-refractivity contribution is -0.164. The number of hydrogen-bond donors (Lipinski definition) is 4. The van der Waals surface area contributed by atoms with Crippen molar-refractivity contribution in [2.75, 3.05) is 55.9 Å². The Bertz CT molecular complexity index is 2450. The summed E-state index contributed by atoms with van der Waals surface area (Å²) in [5.41, 5.74) is 0. The fraction of sp³-hybridized carbons (Fsp3) is 0.781. The van der Waals surface area contributed by atoms with Crippen LogP contribution in [0.25, 0.3) is 0 Å². The van der Waals surface area contributed by atoms with Gasteiger partial charge in [0.2, 0.25) is 65.0 Å². The van der Waals surface area contributed by atoms with Gasteiger partial charge in [0.25, 0.3) is 0 Å². The Morgan fingerprint density at radius 3 is 1.35 bits per heavy atom. The van der Waals surface area contributed by atoms with E-state index in [4.69, 9.17) is 4.74 Å². The number of allylic oxidation sites excluding steroid dienone is 2. The number of rotatable bonds is 16. The minimum atomic E-state index is -1.61. The summed E-state index contributed by atoms with van der Waals surface area (Å²) in [5, 5.41) is 11.0. The van der Waals surface area contributed by atoms with E-state index in [1.54, 1.807) is 54.5 Å². The molecule has 0 spiro atoms. The van der Waals surface area contributed by atoms with Gasteiger partial charge in [-0.3, -0.25) is 57.5 Å². The molecule has 0 bridgehead atoms. The molecule has 1 fully saturated rings. The molecule has 0 aromatic carbocycles. The zero-order valence-corrected chi connectivity index (χ0v) is 57.9. The lowest BCUT2D eigenvalue weighted by Gasteiger charge is -2.42. The molecule has 4 N–H and O–H groups in total. The van der Waals surface area contributed by atoms with Crippen LogP contribution in [0.3, 0.4) is 0 Å². The van der Waals surface area contributed by atoms with E-state index in [2.05, 4.69) is 21.3 Å². The average molecular weight is 1240 g/mol. The number of nitrogens with zero attached hydrogens (tertiary/aromatic N) is 7. The Hall–Kier alpha value is -6.62. The second kappa shape index (κ2) is 36.1. The predicted octanol–water partition coefficient (Wildman–Crippen LogP) is 3.84. The zero-order valence-electron chi connectivity index (χ0n) is 57.9. The SMILES string of the molecule is C/C=C/CC(C)C(OC(C)=O)[C@H]1C(=O)N[C@@H](CC)C(=O)N(C)CC(=O)N(C)[C@@H](CC(C)C)C(=O)N[C@@H](C(C)C)C(=O)N(C)[C@@H](CC(C)C)C(=O)N[C@@H](C)C(=O)N[C@H](C)C(=O)N(C)[C@@H](CC(C)C)C(=O)N(C)[C@@H](CC(C)C)C(=O)N(C)[C@@H](C(C)C)C(=O)N1C. The van der Waals surface area contributed by atoms with Crippen LogP contribution in [0.1, 0.15) is 163 Å². The van der Waals surface area contributed by atoms with Gasteiger partial charge in [-0.15, -0.1) is 0 Å². The lowest BCUT2D eigenvalue weighted by Crippen LogP contribution is -2.64. The van der Waals surface area contributed by atoms with E-state index in [-0.39, 0.29) is 55.8 Å². The fourth-order valence-corrected chi connectivity index (χ4v) is 11.0. The Morgan fingerprint density at radius 1 is 0.489 bits per heavy atom. The maximum Gasteiger partial charge on any atom is 0.303 e. The van der Waals surface area contributed by atoms with Crippen molar-refractivity contribution in [1.82, 2.24) is 55.6 Å². The second-order valence-corrected chi connectivity index (χ2v) is 26.7. The summed E-state index contributed by atoms with van der Waals surface area (Å²) in [4.78, 5) is 183. The molecule has 1 saturated heterocycles. The third kappa shape index (κ3) is 22.5. The average Bonchev–Trinajstić information content (AvgIpc) is 2.69. The summed E-state index contributed by atoms with van der Waals surface area (Å²) in [7, 11) is 9.89. The van der Waals surface area contributed by atoms with Gasteiger partial charge in [0, 0.05) is 56.3 Å². The van der Waals surface area contributed by atoms with Crippen molar-refractivity contribution in [3.05, 3.63) is 12.2 Å². The molecule has 24 nitrogen and oxygen atoms in total. The molecule has 1 aliphatic rings. The molecule has 24 heteroatoms. The number of esters is 1. The van der Waals surface area contributed by atoms with Gasteiger partial charge in [-0.25, -0.2) is 0 Å². The highest BCUT2D eigenvalue weighted by atomic mass is 16.5. The molecule has 12 atom stereocenters. The Labute approximate surface area is 526 Å². The van der Waals surface area contributed by atoms with E-state index in [1.807, 2.05) is 61.5 Å². The van der Waals surface area contributed by atoms with Crippen molar-refractivity contribution in [2.45, 2.75) is 230 Å². The highest BCUT2D eigenvalue weighted by Crippen LogP contribution is 2.27. The van der Waals surface area contributed by atoms with Crippen molar-refractivity contribution in [3.8, 4) is 0 Å². The van der Waals surface area contributed by atoms with Gasteiger partial charge >= 0.3 is 5.97 Å². The number of likely N-dealkylation sites (N-methyl/N-ethyl adjacent to an activating group) is 7. The normalized spacial score (nSPS) is 26.3. The van der Waals surface area contributed by atoms with E-state index < -0.39 is 162 Å². The molecule has 0 aromatic rings. The summed E-state index contributed by atoms with van der Waals surface area (Å²) < 4.78 is 5.93. The highest BCUT2D eigenvalue weighted by molar-refractivity contribution is 5.99. The van der Waals surface area contributed by atoms with Gasteiger partial charge in [0.1, 0.15) is 66.5 Å². The number of hydrogen-bond acceptors (Lipinski definition) is 13. The first-order valence-electron chi connectivity index (χ1n) is 31.4. The number of amides is 11. The third-order valence-corrected chi connectivity index (χ3v) is 16.3. The first kappa shape index (κ1) is 79.4. The van der Waals surface area contributed by atoms with E-state index in [1.165, 1.54) is 94.6 Å². The molecule has 2 unspecified atom stereocenters. The van der Waals surface area contributed by atoms with Gasteiger partial charge in [0.15, 0.2) is 0 Å². The smallest absolute Gasteiger partial charge is 0.303 e. The number of carbonyl (C=O) groups excluding carboxylic acids is 12. The van der Waals surface area contributed by atoms with Gasteiger partial charge in [0.05, 0.1) is 6.54 Å². The van der Waals surface area contributed by atoms with E-state index >= 15 is 19.2 Å². The first-order valence-corrected chi connectivity index (χ1v) is 31.4. The standard InChI is InChI=1S/C64H113N11O13/c1-26-28-29-41(15)54(88-44(18)76)53-58(81)67-45(27-2)60(83)69(19)34-50(77)70(20)46(30-35(3)4)57(80)68-51(39(11)12)63(86)71(21)47(31-36(5)6)56(79)65-42(16)55(78)66-43(17)59(82)72(22)48(32-37(7)8)61(84)73(23)49(33-38(9)10)62(85)74(24)52(40(13)14)64(87)75(53)25/h26,28,35-43,45-49,51-54H,27,29-34H2,1-25H3,(H,65,79)(H,66,78)(H,67,81)(H,68,80)/b28-26+/t41?,42-,43+,45-,46-,47-,48-,49-,51-,52-,53-,54?/m0/s1. The van der Waals surface area contributed by atoms with Gasteiger partial charge in [-0.2, -0.15) is 0 Å². The molecular weight excluding hydrogens is 1130 g/mol. The maximum absolute atomic E-state index is 15.4. The summed E-state index contributed by atoms with van der Waals surface area (Å²) in [5.74, 6) is -10.7. The van der Waals surface area contributed by atoms with Crippen LogP contribution in [0.4, 0.5) is 0 Å². The monoisotopic (exact) mass is 1240 g/mol. The fourth-order valence-electron chi connectivity index (χ4n) is 11.0. The molecule has 0 aromatic heterocycles. The summed E-state index contributed by atoms with van der Waals surface area (Å²) in [6, 6.07) is -12.5. The molecule has 502 valence electrons. The number of carbonyl (C=O) groups is 12. The van der Waals surface area contributed by atoms with Crippen LogP contribution in [0, 0.1) is 41.4 Å².